The Labute approximate surface area is 124 Å². The quantitative estimate of drug-likeness (QED) is 0.927. The Balaban J connectivity index is 1.96. The molecule has 1 aliphatic rings. The van der Waals surface area contributed by atoms with E-state index in [4.69, 9.17) is 11.6 Å². The molecule has 0 saturated heterocycles. The van der Waals surface area contributed by atoms with Crippen LogP contribution in [0.15, 0.2) is 24.3 Å². The first-order valence-corrected chi connectivity index (χ1v) is 7.37. The predicted molar refractivity (Wildman–Crippen MR) is 79.3 cm³/mol. The summed E-state index contributed by atoms with van der Waals surface area (Å²) in [5.74, 6) is 0.549. The molecule has 0 aliphatic heterocycles. The van der Waals surface area contributed by atoms with Crippen LogP contribution in [0, 0.1) is 17.2 Å². The fourth-order valence-electron chi connectivity index (χ4n) is 2.62. The van der Waals surface area contributed by atoms with Gasteiger partial charge in [-0.05, 0) is 49.3 Å². The molecule has 0 spiro atoms. The zero-order chi connectivity index (χ0) is 14.6. The fourth-order valence-corrected chi connectivity index (χ4v) is 2.74. The first-order chi connectivity index (χ1) is 9.53. The number of nitriles is 1. The molecule has 106 valence electrons. The Morgan fingerprint density at radius 3 is 2.55 bits per heavy atom. The van der Waals surface area contributed by atoms with Crippen LogP contribution < -0.4 is 5.32 Å². The number of carbonyl (C=O) groups excluding carboxylic acids is 1. The molecule has 0 radical (unpaired) electrons. The number of rotatable bonds is 3. The van der Waals surface area contributed by atoms with Crippen molar-refractivity contribution in [3.8, 4) is 6.07 Å². The number of hydrogen-bond acceptors (Lipinski definition) is 2. The second-order valence-electron chi connectivity index (χ2n) is 5.73. The molecule has 0 unspecified atom stereocenters. The molecule has 1 amide bonds. The summed E-state index contributed by atoms with van der Waals surface area (Å²) >= 11 is 5.82. The van der Waals surface area contributed by atoms with Crippen LogP contribution in [-0.4, -0.2) is 11.4 Å². The van der Waals surface area contributed by atoms with Crippen LogP contribution in [0.4, 0.5) is 0 Å². The van der Waals surface area contributed by atoms with E-state index in [2.05, 4.69) is 18.3 Å². The van der Waals surface area contributed by atoms with Gasteiger partial charge < -0.3 is 5.32 Å². The standard InChI is InChI=1S/C16H19ClN2O/c1-12-6-8-16(11-18,9-7-12)19-15(20)10-13-2-4-14(17)5-3-13/h2-5,12H,6-10H2,1H3,(H,19,20). The molecule has 2 rings (SSSR count). The van der Waals surface area contributed by atoms with Gasteiger partial charge in [-0.15, -0.1) is 0 Å². The third-order valence-electron chi connectivity index (χ3n) is 4.00. The number of carbonyl (C=O) groups is 1. The van der Waals surface area contributed by atoms with Crippen molar-refractivity contribution in [3.05, 3.63) is 34.9 Å². The normalized spacial score (nSPS) is 25.8. The van der Waals surface area contributed by atoms with Gasteiger partial charge in [-0.3, -0.25) is 4.79 Å². The Morgan fingerprint density at radius 1 is 1.40 bits per heavy atom. The maximum atomic E-state index is 12.1. The largest absolute Gasteiger partial charge is 0.338 e. The average molecular weight is 291 g/mol. The summed E-state index contributed by atoms with van der Waals surface area (Å²) < 4.78 is 0. The minimum Gasteiger partial charge on any atom is -0.338 e. The van der Waals surface area contributed by atoms with Gasteiger partial charge >= 0.3 is 0 Å². The SMILES string of the molecule is CC1CCC(C#N)(NC(=O)Cc2ccc(Cl)cc2)CC1. The number of nitrogens with one attached hydrogen (secondary N) is 1. The molecule has 1 aromatic carbocycles. The summed E-state index contributed by atoms with van der Waals surface area (Å²) in [5.41, 5.74) is 0.236. The van der Waals surface area contributed by atoms with Gasteiger partial charge in [0.15, 0.2) is 0 Å². The van der Waals surface area contributed by atoms with Gasteiger partial charge in [0.2, 0.25) is 5.91 Å². The monoisotopic (exact) mass is 290 g/mol. The Morgan fingerprint density at radius 2 is 2.00 bits per heavy atom. The third kappa shape index (κ3) is 3.74. The van der Waals surface area contributed by atoms with Crippen molar-refractivity contribution >= 4 is 17.5 Å². The first kappa shape index (κ1) is 14.9. The molecule has 0 aromatic heterocycles. The Hall–Kier alpha value is -1.53. The van der Waals surface area contributed by atoms with E-state index in [1.54, 1.807) is 12.1 Å². The van der Waals surface area contributed by atoms with Gasteiger partial charge in [0, 0.05) is 5.02 Å². The van der Waals surface area contributed by atoms with Crippen molar-refractivity contribution in [2.75, 3.05) is 0 Å². The second kappa shape index (κ2) is 6.28. The van der Waals surface area contributed by atoms with E-state index in [1.165, 1.54) is 0 Å². The topological polar surface area (TPSA) is 52.9 Å². The van der Waals surface area contributed by atoms with Crippen LogP contribution in [0.3, 0.4) is 0 Å². The van der Waals surface area contributed by atoms with E-state index in [9.17, 15) is 10.1 Å². The molecule has 4 heteroatoms. The lowest BCUT2D eigenvalue weighted by molar-refractivity contribution is -0.122. The van der Waals surface area contributed by atoms with E-state index in [1.807, 2.05) is 12.1 Å². The lowest BCUT2D eigenvalue weighted by atomic mass is 9.78. The van der Waals surface area contributed by atoms with Crippen molar-refractivity contribution in [3.63, 3.8) is 0 Å². The molecular weight excluding hydrogens is 272 g/mol. The van der Waals surface area contributed by atoms with E-state index < -0.39 is 5.54 Å². The highest BCUT2D eigenvalue weighted by Gasteiger charge is 2.35. The molecule has 0 atom stereocenters. The van der Waals surface area contributed by atoms with E-state index in [0.29, 0.717) is 10.9 Å². The third-order valence-corrected chi connectivity index (χ3v) is 4.25. The Bertz CT molecular complexity index is 510. The van der Waals surface area contributed by atoms with Crippen molar-refractivity contribution in [1.82, 2.24) is 5.32 Å². The van der Waals surface area contributed by atoms with Crippen molar-refractivity contribution in [2.45, 2.75) is 44.6 Å². The van der Waals surface area contributed by atoms with Gasteiger partial charge in [-0.25, -0.2) is 0 Å². The molecule has 1 aromatic rings. The zero-order valence-electron chi connectivity index (χ0n) is 11.7. The van der Waals surface area contributed by atoms with E-state index in [0.717, 1.165) is 31.2 Å². The van der Waals surface area contributed by atoms with Gasteiger partial charge in [0.25, 0.3) is 0 Å². The molecular formula is C16H19ClN2O. The Kier molecular flexibility index (Phi) is 4.67. The number of halogens is 1. The minimum absolute atomic E-state index is 0.0941. The predicted octanol–water partition coefficient (Wildman–Crippen LogP) is 3.47. The second-order valence-corrected chi connectivity index (χ2v) is 6.16. The van der Waals surface area contributed by atoms with Crippen LogP contribution in [0.2, 0.25) is 5.02 Å². The summed E-state index contributed by atoms with van der Waals surface area (Å²) in [6.07, 6.45) is 3.77. The molecule has 1 aliphatic carbocycles. The van der Waals surface area contributed by atoms with Crippen LogP contribution in [-0.2, 0) is 11.2 Å². The summed E-state index contributed by atoms with van der Waals surface area (Å²) in [7, 11) is 0. The summed E-state index contributed by atoms with van der Waals surface area (Å²) in [6.45, 7) is 2.19. The van der Waals surface area contributed by atoms with E-state index >= 15 is 0 Å². The van der Waals surface area contributed by atoms with Crippen molar-refractivity contribution in [2.24, 2.45) is 5.92 Å². The number of hydrogen-bond donors (Lipinski definition) is 1. The number of nitrogens with zero attached hydrogens (tertiary/aromatic N) is 1. The molecule has 20 heavy (non-hydrogen) atoms. The maximum Gasteiger partial charge on any atom is 0.225 e. The minimum atomic E-state index is -0.671. The van der Waals surface area contributed by atoms with Crippen molar-refractivity contribution in [1.29, 1.82) is 5.26 Å². The molecule has 1 fully saturated rings. The molecule has 0 heterocycles. The van der Waals surface area contributed by atoms with Crippen molar-refractivity contribution < 1.29 is 4.79 Å². The van der Waals surface area contributed by atoms with Gasteiger partial charge in [0.05, 0.1) is 12.5 Å². The molecule has 0 bridgehead atoms. The lowest BCUT2D eigenvalue weighted by Gasteiger charge is -2.34. The molecule has 3 nitrogen and oxygen atoms in total. The fraction of sp³-hybridized carbons (Fsp3) is 0.500. The molecule has 1 N–H and O–H groups in total. The highest BCUT2D eigenvalue weighted by molar-refractivity contribution is 6.30. The smallest absolute Gasteiger partial charge is 0.225 e. The first-order valence-electron chi connectivity index (χ1n) is 7.00. The highest BCUT2D eigenvalue weighted by atomic mass is 35.5. The van der Waals surface area contributed by atoms with Crippen LogP contribution in [0.25, 0.3) is 0 Å². The zero-order valence-corrected chi connectivity index (χ0v) is 12.4. The summed E-state index contributed by atoms with van der Waals surface area (Å²) in [6, 6.07) is 9.53. The maximum absolute atomic E-state index is 12.1. The van der Waals surface area contributed by atoms with E-state index in [-0.39, 0.29) is 12.3 Å². The van der Waals surface area contributed by atoms with Gasteiger partial charge in [-0.1, -0.05) is 30.7 Å². The summed E-state index contributed by atoms with van der Waals surface area (Å²) in [4.78, 5) is 12.1. The average Bonchev–Trinajstić information content (AvgIpc) is 2.44. The summed E-state index contributed by atoms with van der Waals surface area (Å²) in [5, 5.41) is 13.0. The van der Waals surface area contributed by atoms with Crippen LogP contribution >= 0.6 is 11.6 Å². The van der Waals surface area contributed by atoms with Gasteiger partial charge in [0.1, 0.15) is 5.54 Å². The molecule has 1 saturated carbocycles. The van der Waals surface area contributed by atoms with Crippen LogP contribution in [0.5, 0.6) is 0 Å². The number of benzene rings is 1. The highest BCUT2D eigenvalue weighted by Crippen LogP contribution is 2.31. The number of amides is 1. The van der Waals surface area contributed by atoms with Gasteiger partial charge in [-0.2, -0.15) is 5.26 Å². The van der Waals surface area contributed by atoms with Crippen LogP contribution in [0.1, 0.15) is 38.2 Å². The lowest BCUT2D eigenvalue weighted by Crippen LogP contribution is -2.50.